The number of fused-ring (bicyclic) bond motifs is 1. The molecule has 22 heavy (non-hydrogen) atoms. The standard InChI is InChI=1S/C18H17NO3/c1-11-5-3-8-14-16(20)10-15(17(11)14)18(21)19-12-6-4-7-13(9-12)22-2/h3-9,15H,10H2,1-2H3,(H,19,21). The molecule has 0 fully saturated rings. The first-order valence-corrected chi connectivity index (χ1v) is 7.18. The number of anilines is 1. The molecule has 2 aromatic rings. The first-order chi connectivity index (χ1) is 10.6. The van der Waals surface area contributed by atoms with E-state index in [-0.39, 0.29) is 18.1 Å². The Bertz CT molecular complexity index is 752. The fraction of sp³-hybridized carbons (Fsp3) is 0.222. The predicted octanol–water partition coefficient (Wildman–Crippen LogP) is 3.31. The lowest BCUT2D eigenvalue weighted by Gasteiger charge is -2.14. The summed E-state index contributed by atoms with van der Waals surface area (Å²) in [5.41, 5.74) is 3.17. The van der Waals surface area contributed by atoms with Crippen LogP contribution in [-0.2, 0) is 4.79 Å². The Labute approximate surface area is 129 Å². The number of benzene rings is 2. The van der Waals surface area contributed by atoms with Gasteiger partial charge in [-0.1, -0.05) is 24.3 Å². The van der Waals surface area contributed by atoms with Gasteiger partial charge in [0, 0.05) is 23.7 Å². The van der Waals surface area contributed by atoms with E-state index in [1.54, 1.807) is 25.3 Å². The Kier molecular flexibility index (Phi) is 3.67. The van der Waals surface area contributed by atoms with Gasteiger partial charge in [0.2, 0.25) is 5.91 Å². The molecule has 0 bridgehead atoms. The van der Waals surface area contributed by atoms with Crippen molar-refractivity contribution >= 4 is 17.4 Å². The number of hydrogen-bond donors (Lipinski definition) is 1. The van der Waals surface area contributed by atoms with Crippen LogP contribution in [0.5, 0.6) is 5.75 Å². The fourth-order valence-electron chi connectivity index (χ4n) is 2.94. The molecule has 0 saturated heterocycles. The van der Waals surface area contributed by atoms with E-state index >= 15 is 0 Å². The number of aryl methyl sites for hydroxylation is 1. The summed E-state index contributed by atoms with van der Waals surface area (Å²) in [6, 6.07) is 12.8. The van der Waals surface area contributed by atoms with E-state index in [0.29, 0.717) is 17.0 Å². The van der Waals surface area contributed by atoms with E-state index in [1.807, 2.05) is 31.2 Å². The van der Waals surface area contributed by atoms with Crippen LogP contribution in [0, 0.1) is 6.92 Å². The normalized spacial score (nSPS) is 16.3. The summed E-state index contributed by atoms with van der Waals surface area (Å²) in [4.78, 5) is 24.7. The monoisotopic (exact) mass is 295 g/mol. The van der Waals surface area contributed by atoms with Crippen LogP contribution >= 0.6 is 0 Å². The van der Waals surface area contributed by atoms with Gasteiger partial charge in [0.05, 0.1) is 13.0 Å². The second-order valence-corrected chi connectivity index (χ2v) is 5.44. The molecule has 4 nitrogen and oxygen atoms in total. The van der Waals surface area contributed by atoms with Crippen molar-refractivity contribution in [3.8, 4) is 5.75 Å². The maximum atomic E-state index is 12.6. The molecule has 0 spiro atoms. The first kappa shape index (κ1) is 14.3. The SMILES string of the molecule is COc1cccc(NC(=O)C2CC(=O)c3cccc(C)c32)c1. The minimum absolute atomic E-state index is 0.0319. The van der Waals surface area contributed by atoms with Gasteiger partial charge in [-0.15, -0.1) is 0 Å². The summed E-state index contributed by atoms with van der Waals surface area (Å²) in [6.07, 6.45) is 0.232. The smallest absolute Gasteiger partial charge is 0.232 e. The Hall–Kier alpha value is -2.62. The molecule has 112 valence electrons. The number of Topliss-reactive ketones (excluding diaryl/α,β-unsaturated/α-hetero) is 1. The van der Waals surface area contributed by atoms with Crippen LogP contribution in [0.1, 0.15) is 33.8 Å². The van der Waals surface area contributed by atoms with Crippen LogP contribution in [0.2, 0.25) is 0 Å². The molecular formula is C18H17NO3. The maximum Gasteiger partial charge on any atom is 0.232 e. The van der Waals surface area contributed by atoms with Gasteiger partial charge < -0.3 is 10.1 Å². The average molecular weight is 295 g/mol. The number of methoxy groups -OCH3 is 1. The van der Waals surface area contributed by atoms with E-state index in [1.165, 1.54) is 0 Å². The van der Waals surface area contributed by atoms with Crippen molar-refractivity contribution in [1.29, 1.82) is 0 Å². The molecule has 3 rings (SSSR count). The largest absolute Gasteiger partial charge is 0.497 e. The van der Waals surface area contributed by atoms with E-state index in [9.17, 15) is 9.59 Å². The van der Waals surface area contributed by atoms with Gasteiger partial charge in [-0.05, 0) is 30.2 Å². The molecule has 1 N–H and O–H groups in total. The number of rotatable bonds is 3. The molecule has 1 aliphatic carbocycles. The zero-order valence-corrected chi connectivity index (χ0v) is 12.6. The van der Waals surface area contributed by atoms with E-state index < -0.39 is 5.92 Å². The van der Waals surface area contributed by atoms with Crippen LogP contribution in [0.15, 0.2) is 42.5 Å². The summed E-state index contributed by atoms with van der Waals surface area (Å²) in [7, 11) is 1.58. The number of nitrogens with one attached hydrogen (secondary N) is 1. The zero-order chi connectivity index (χ0) is 15.7. The fourth-order valence-corrected chi connectivity index (χ4v) is 2.94. The molecule has 0 aromatic heterocycles. The van der Waals surface area contributed by atoms with Gasteiger partial charge >= 0.3 is 0 Å². The van der Waals surface area contributed by atoms with Crippen LogP contribution in [0.3, 0.4) is 0 Å². The highest BCUT2D eigenvalue weighted by Crippen LogP contribution is 2.36. The minimum Gasteiger partial charge on any atom is -0.497 e. The van der Waals surface area contributed by atoms with E-state index in [4.69, 9.17) is 4.74 Å². The van der Waals surface area contributed by atoms with Gasteiger partial charge in [-0.3, -0.25) is 9.59 Å². The third kappa shape index (κ3) is 2.48. The predicted molar refractivity (Wildman–Crippen MR) is 84.5 cm³/mol. The van der Waals surface area contributed by atoms with Gasteiger partial charge in [0.1, 0.15) is 5.75 Å². The maximum absolute atomic E-state index is 12.6. The van der Waals surface area contributed by atoms with Crippen molar-refractivity contribution in [2.24, 2.45) is 0 Å². The van der Waals surface area contributed by atoms with Gasteiger partial charge in [-0.25, -0.2) is 0 Å². The van der Waals surface area contributed by atoms with Crippen molar-refractivity contribution in [2.75, 3.05) is 12.4 Å². The second kappa shape index (κ2) is 5.64. The van der Waals surface area contributed by atoms with E-state index in [2.05, 4.69) is 5.32 Å². The summed E-state index contributed by atoms with van der Waals surface area (Å²) in [5, 5.41) is 2.88. The number of ether oxygens (including phenoxy) is 1. The Morgan fingerprint density at radius 1 is 1.23 bits per heavy atom. The Morgan fingerprint density at radius 3 is 2.77 bits per heavy atom. The molecular weight excluding hydrogens is 278 g/mol. The highest BCUT2D eigenvalue weighted by Gasteiger charge is 2.35. The number of hydrogen-bond acceptors (Lipinski definition) is 3. The number of ketones is 1. The van der Waals surface area contributed by atoms with Crippen LogP contribution < -0.4 is 10.1 Å². The minimum atomic E-state index is -0.421. The molecule has 1 aliphatic rings. The highest BCUT2D eigenvalue weighted by atomic mass is 16.5. The number of amides is 1. The van der Waals surface area contributed by atoms with Crippen molar-refractivity contribution in [1.82, 2.24) is 0 Å². The molecule has 1 amide bonds. The van der Waals surface area contributed by atoms with Gasteiger partial charge in [-0.2, -0.15) is 0 Å². The molecule has 0 radical (unpaired) electrons. The third-order valence-electron chi connectivity index (χ3n) is 4.02. The quantitative estimate of drug-likeness (QED) is 0.945. The van der Waals surface area contributed by atoms with Crippen LogP contribution in [0.4, 0.5) is 5.69 Å². The Balaban J connectivity index is 1.87. The molecule has 0 aliphatic heterocycles. The van der Waals surface area contributed by atoms with Crippen molar-refractivity contribution in [3.05, 3.63) is 59.2 Å². The van der Waals surface area contributed by atoms with Crippen molar-refractivity contribution in [2.45, 2.75) is 19.3 Å². The number of carbonyl (C=O) groups excluding carboxylic acids is 2. The second-order valence-electron chi connectivity index (χ2n) is 5.44. The van der Waals surface area contributed by atoms with Gasteiger partial charge in [0.15, 0.2) is 5.78 Å². The zero-order valence-electron chi connectivity index (χ0n) is 12.6. The topological polar surface area (TPSA) is 55.4 Å². The lowest BCUT2D eigenvalue weighted by Crippen LogP contribution is -2.20. The summed E-state index contributed by atoms with van der Waals surface area (Å²) in [5.74, 6) is 0.130. The first-order valence-electron chi connectivity index (χ1n) is 7.18. The molecule has 4 heteroatoms. The van der Waals surface area contributed by atoms with Crippen molar-refractivity contribution < 1.29 is 14.3 Å². The number of carbonyl (C=O) groups is 2. The molecule has 1 unspecified atom stereocenters. The van der Waals surface area contributed by atoms with Crippen molar-refractivity contribution in [3.63, 3.8) is 0 Å². The molecule has 1 atom stereocenters. The Morgan fingerprint density at radius 2 is 2.00 bits per heavy atom. The average Bonchev–Trinajstić information content (AvgIpc) is 2.86. The third-order valence-corrected chi connectivity index (χ3v) is 4.02. The lowest BCUT2D eigenvalue weighted by atomic mass is 9.96. The van der Waals surface area contributed by atoms with Gasteiger partial charge in [0.25, 0.3) is 0 Å². The van der Waals surface area contributed by atoms with Crippen LogP contribution in [-0.4, -0.2) is 18.8 Å². The highest BCUT2D eigenvalue weighted by molar-refractivity contribution is 6.09. The lowest BCUT2D eigenvalue weighted by molar-refractivity contribution is -0.117. The summed E-state index contributed by atoms with van der Waals surface area (Å²) >= 11 is 0. The summed E-state index contributed by atoms with van der Waals surface area (Å²) < 4.78 is 5.15. The molecule has 2 aromatic carbocycles. The molecule has 0 saturated carbocycles. The van der Waals surface area contributed by atoms with E-state index in [0.717, 1.165) is 11.1 Å². The summed E-state index contributed by atoms with van der Waals surface area (Å²) in [6.45, 7) is 1.93. The van der Waals surface area contributed by atoms with Crippen LogP contribution in [0.25, 0.3) is 0 Å². The molecule has 0 heterocycles.